The van der Waals surface area contributed by atoms with Crippen LogP contribution in [0.2, 0.25) is 0 Å². The number of aromatic nitrogens is 3. The molecule has 0 spiro atoms. The zero-order valence-electron chi connectivity index (χ0n) is 17.0. The van der Waals surface area contributed by atoms with Gasteiger partial charge in [-0.2, -0.15) is 0 Å². The minimum Gasteiger partial charge on any atom is -0.504 e. The van der Waals surface area contributed by atoms with Crippen LogP contribution in [0.25, 0.3) is 28.2 Å². The summed E-state index contributed by atoms with van der Waals surface area (Å²) in [6.07, 6.45) is 1.92. The van der Waals surface area contributed by atoms with Crippen LogP contribution in [0.1, 0.15) is 0 Å². The van der Waals surface area contributed by atoms with Gasteiger partial charge in [-0.3, -0.25) is 4.40 Å². The van der Waals surface area contributed by atoms with Crippen molar-refractivity contribution in [2.45, 2.75) is 0 Å². The Kier molecular flexibility index (Phi) is 5.05. The fourth-order valence-electron chi connectivity index (χ4n) is 3.34. The zero-order chi connectivity index (χ0) is 21.3. The van der Waals surface area contributed by atoms with Gasteiger partial charge in [-0.15, -0.1) is 10.2 Å². The van der Waals surface area contributed by atoms with Crippen molar-refractivity contribution in [3.63, 3.8) is 0 Å². The molecule has 30 heavy (non-hydrogen) atoms. The molecule has 0 unspecified atom stereocenters. The highest BCUT2D eigenvalue weighted by Gasteiger charge is 2.16. The normalized spacial score (nSPS) is 10.8. The van der Waals surface area contributed by atoms with Gasteiger partial charge in [0.25, 0.3) is 0 Å². The number of methoxy groups -OCH3 is 4. The maximum Gasteiger partial charge on any atom is 0.203 e. The number of hydrogen-bond donors (Lipinski definition) is 1. The van der Waals surface area contributed by atoms with Crippen LogP contribution in [0, 0.1) is 0 Å². The molecule has 1 N–H and O–H groups in total. The smallest absolute Gasteiger partial charge is 0.203 e. The van der Waals surface area contributed by atoms with E-state index < -0.39 is 0 Å². The van der Waals surface area contributed by atoms with E-state index in [-0.39, 0.29) is 5.75 Å². The van der Waals surface area contributed by atoms with E-state index in [1.54, 1.807) is 33.5 Å². The third kappa shape index (κ3) is 3.22. The molecule has 0 fully saturated rings. The average molecular weight is 407 g/mol. The van der Waals surface area contributed by atoms with Crippen LogP contribution in [0.4, 0.5) is 0 Å². The molecule has 0 saturated carbocycles. The van der Waals surface area contributed by atoms with E-state index >= 15 is 0 Å². The predicted molar refractivity (Wildman–Crippen MR) is 112 cm³/mol. The van der Waals surface area contributed by atoms with Crippen molar-refractivity contribution < 1.29 is 24.1 Å². The van der Waals surface area contributed by atoms with E-state index in [1.165, 1.54) is 7.11 Å². The van der Waals surface area contributed by atoms with Crippen LogP contribution < -0.4 is 18.9 Å². The highest BCUT2D eigenvalue weighted by Crippen LogP contribution is 2.41. The van der Waals surface area contributed by atoms with E-state index in [4.69, 9.17) is 18.9 Å². The summed E-state index contributed by atoms with van der Waals surface area (Å²) in [6, 6.07) is 12.7. The number of ether oxygens (including phenoxy) is 4. The minimum atomic E-state index is 0.0348. The Bertz CT molecular complexity index is 1190. The van der Waals surface area contributed by atoms with E-state index in [0.29, 0.717) is 40.0 Å². The molecule has 0 aliphatic heterocycles. The first-order chi connectivity index (χ1) is 14.6. The molecule has 154 valence electrons. The average Bonchev–Trinajstić information content (AvgIpc) is 3.21. The van der Waals surface area contributed by atoms with Gasteiger partial charge in [0.1, 0.15) is 0 Å². The summed E-state index contributed by atoms with van der Waals surface area (Å²) in [5.41, 5.74) is 3.17. The van der Waals surface area contributed by atoms with Gasteiger partial charge >= 0.3 is 0 Å². The van der Waals surface area contributed by atoms with Gasteiger partial charge < -0.3 is 24.1 Å². The van der Waals surface area contributed by atoms with Gasteiger partial charge in [-0.1, -0.05) is 0 Å². The lowest BCUT2D eigenvalue weighted by atomic mass is 10.1. The van der Waals surface area contributed by atoms with Crippen LogP contribution in [-0.4, -0.2) is 48.1 Å². The molecule has 0 radical (unpaired) electrons. The highest BCUT2D eigenvalue weighted by molar-refractivity contribution is 5.73. The molecule has 0 saturated heterocycles. The molecule has 2 aromatic heterocycles. The van der Waals surface area contributed by atoms with Gasteiger partial charge in [0.05, 0.1) is 28.4 Å². The molecule has 0 bridgehead atoms. The Morgan fingerprint density at radius 1 is 0.700 bits per heavy atom. The van der Waals surface area contributed by atoms with Crippen LogP contribution in [0.15, 0.2) is 48.7 Å². The Morgan fingerprint density at radius 2 is 1.37 bits per heavy atom. The largest absolute Gasteiger partial charge is 0.504 e. The Labute approximate surface area is 173 Å². The standard InChI is InChI=1S/C22H21N3O5/c1-27-17-7-5-13(9-16(17)26)22-24-23-20-8-6-14(12-25(20)22)15-10-18(28-2)21(30-4)19(11-15)29-3/h5-12,26H,1-4H3. The van der Waals surface area contributed by atoms with Crippen molar-refractivity contribution in [3.8, 4) is 51.3 Å². The number of pyridine rings is 1. The number of phenols is 1. The number of hydrogen-bond acceptors (Lipinski definition) is 7. The summed E-state index contributed by atoms with van der Waals surface area (Å²) in [7, 11) is 6.24. The molecule has 4 aromatic rings. The SMILES string of the molecule is COc1ccc(-c2nnc3ccc(-c4cc(OC)c(OC)c(OC)c4)cn23)cc1O. The lowest BCUT2D eigenvalue weighted by Gasteiger charge is -2.14. The van der Waals surface area contributed by atoms with Gasteiger partial charge in [0, 0.05) is 11.8 Å². The molecule has 2 heterocycles. The van der Waals surface area contributed by atoms with E-state index in [9.17, 15) is 5.11 Å². The molecular weight excluding hydrogens is 386 g/mol. The summed E-state index contributed by atoms with van der Waals surface area (Å²) in [5.74, 6) is 2.69. The third-order valence-corrected chi connectivity index (χ3v) is 4.84. The second-order valence-corrected chi connectivity index (χ2v) is 6.47. The maximum absolute atomic E-state index is 10.1. The van der Waals surface area contributed by atoms with Crippen LogP contribution >= 0.6 is 0 Å². The Hall–Kier alpha value is -3.94. The van der Waals surface area contributed by atoms with Crippen molar-refractivity contribution >= 4 is 5.65 Å². The molecular formula is C22H21N3O5. The van der Waals surface area contributed by atoms with Crippen LogP contribution in [0.3, 0.4) is 0 Å². The summed E-state index contributed by atoms with van der Waals surface area (Å²) in [4.78, 5) is 0. The molecule has 0 amide bonds. The van der Waals surface area contributed by atoms with Crippen molar-refractivity contribution in [1.82, 2.24) is 14.6 Å². The number of phenolic OH excluding ortho intramolecular Hbond substituents is 1. The molecule has 0 aliphatic rings. The predicted octanol–water partition coefficient (Wildman–Crippen LogP) is 3.80. The molecule has 4 rings (SSSR count). The van der Waals surface area contributed by atoms with Gasteiger partial charge in [-0.25, -0.2) is 0 Å². The molecule has 0 atom stereocenters. The number of aromatic hydroxyl groups is 1. The topological polar surface area (TPSA) is 87.3 Å². The molecule has 0 aliphatic carbocycles. The van der Waals surface area contributed by atoms with Crippen LogP contribution in [-0.2, 0) is 0 Å². The first-order valence-corrected chi connectivity index (χ1v) is 9.12. The van der Waals surface area contributed by atoms with Gasteiger partial charge in [0.2, 0.25) is 5.75 Å². The number of nitrogens with zero attached hydrogens (tertiary/aromatic N) is 3. The van der Waals surface area contributed by atoms with E-state index in [2.05, 4.69) is 10.2 Å². The number of fused-ring (bicyclic) bond motifs is 1. The maximum atomic E-state index is 10.1. The first kappa shape index (κ1) is 19.4. The van der Waals surface area contributed by atoms with Crippen LogP contribution in [0.5, 0.6) is 28.7 Å². The first-order valence-electron chi connectivity index (χ1n) is 9.12. The van der Waals surface area contributed by atoms with E-state index in [0.717, 1.165) is 11.1 Å². The van der Waals surface area contributed by atoms with Crippen molar-refractivity contribution in [2.24, 2.45) is 0 Å². The van der Waals surface area contributed by atoms with Crippen molar-refractivity contribution in [3.05, 3.63) is 48.7 Å². The highest BCUT2D eigenvalue weighted by atomic mass is 16.5. The van der Waals surface area contributed by atoms with Gasteiger partial charge in [0.15, 0.2) is 34.5 Å². The lowest BCUT2D eigenvalue weighted by molar-refractivity contribution is 0.324. The molecule has 8 nitrogen and oxygen atoms in total. The molecule has 2 aromatic carbocycles. The second kappa shape index (κ2) is 7.82. The van der Waals surface area contributed by atoms with E-state index in [1.807, 2.05) is 40.9 Å². The van der Waals surface area contributed by atoms with Crippen molar-refractivity contribution in [1.29, 1.82) is 0 Å². The van der Waals surface area contributed by atoms with Gasteiger partial charge in [-0.05, 0) is 53.6 Å². The fraction of sp³-hybridized carbons (Fsp3) is 0.182. The summed E-state index contributed by atoms with van der Waals surface area (Å²) in [5, 5.41) is 18.6. The quantitative estimate of drug-likeness (QED) is 0.520. The fourth-order valence-corrected chi connectivity index (χ4v) is 3.34. The zero-order valence-corrected chi connectivity index (χ0v) is 17.0. The van der Waals surface area contributed by atoms with Crippen molar-refractivity contribution in [2.75, 3.05) is 28.4 Å². The Balaban J connectivity index is 1.85. The lowest BCUT2D eigenvalue weighted by Crippen LogP contribution is -1.96. The Morgan fingerprint density at radius 3 is 1.97 bits per heavy atom. The number of rotatable bonds is 6. The summed E-state index contributed by atoms with van der Waals surface area (Å²) in [6.45, 7) is 0. The molecule has 8 heteroatoms. The second-order valence-electron chi connectivity index (χ2n) is 6.47. The summed E-state index contributed by atoms with van der Waals surface area (Å²) >= 11 is 0. The third-order valence-electron chi connectivity index (χ3n) is 4.84. The minimum absolute atomic E-state index is 0.0348. The summed E-state index contributed by atoms with van der Waals surface area (Å²) < 4.78 is 23.3. The monoisotopic (exact) mass is 407 g/mol. The number of benzene rings is 2.